The second-order valence-corrected chi connectivity index (χ2v) is 7.19. The van der Waals surface area contributed by atoms with Crippen molar-refractivity contribution >= 4 is 17.2 Å². The first-order valence-corrected chi connectivity index (χ1v) is 9.53. The van der Waals surface area contributed by atoms with Crippen molar-refractivity contribution in [3.05, 3.63) is 64.0 Å². The lowest BCUT2D eigenvalue weighted by molar-refractivity contribution is 0.0785. The van der Waals surface area contributed by atoms with Gasteiger partial charge in [0, 0.05) is 35.4 Å². The maximum atomic E-state index is 12.8. The van der Waals surface area contributed by atoms with Crippen LogP contribution in [0.1, 0.15) is 40.2 Å². The van der Waals surface area contributed by atoms with E-state index in [9.17, 15) is 4.79 Å². The van der Waals surface area contributed by atoms with Gasteiger partial charge < -0.3 is 4.90 Å². The van der Waals surface area contributed by atoms with Gasteiger partial charge in [-0.3, -0.25) is 4.79 Å². The van der Waals surface area contributed by atoms with Crippen molar-refractivity contribution in [2.75, 3.05) is 7.05 Å². The summed E-state index contributed by atoms with van der Waals surface area (Å²) >= 11 is 1.55. The normalized spacial score (nSPS) is 10.7. The van der Waals surface area contributed by atoms with E-state index in [1.165, 1.54) is 0 Å². The number of hydrogen-bond donors (Lipinski definition) is 0. The van der Waals surface area contributed by atoms with E-state index >= 15 is 0 Å². The van der Waals surface area contributed by atoms with Gasteiger partial charge in [-0.15, -0.1) is 11.3 Å². The van der Waals surface area contributed by atoms with Crippen LogP contribution in [-0.2, 0) is 13.0 Å². The molecule has 2 aromatic heterocycles. The molecule has 0 saturated carbocycles. The van der Waals surface area contributed by atoms with Crippen LogP contribution in [0, 0.1) is 6.92 Å². The van der Waals surface area contributed by atoms with Gasteiger partial charge in [0.2, 0.25) is 0 Å². The minimum Gasteiger partial charge on any atom is -0.335 e. The average Bonchev–Trinajstić information content (AvgIpc) is 3.14. The topological polar surface area (TPSA) is 59.0 Å². The lowest BCUT2D eigenvalue weighted by atomic mass is 10.1. The van der Waals surface area contributed by atoms with Crippen molar-refractivity contribution in [3.63, 3.8) is 0 Å². The maximum Gasteiger partial charge on any atom is 0.253 e. The van der Waals surface area contributed by atoms with Crippen molar-refractivity contribution < 1.29 is 4.79 Å². The number of aryl methyl sites for hydroxylation is 2. The van der Waals surface area contributed by atoms with Gasteiger partial charge in [-0.2, -0.15) is 0 Å². The number of amides is 1. The predicted molar refractivity (Wildman–Crippen MR) is 104 cm³/mol. The van der Waals surface area contributed by atoms with E-state index in [-0.39, 0.29) is 5.91 Å². The Kier molecular flexibility index (Phi) is 5.73. The zero-order valence-corrected chi connectivity index (χ0v) is 16.1. The van der Waals surface area contributed by atoms with E-state index in [1.807, 2.05) is 42.6 Å². The van der Waals surface area contributed by atoms with E-state index < -0.39 is 0 Å². The van der Waals surface area contributed by atoms with Crippen LogP contribution >= 0.6 is 11.3 Å². The van der Waals surface area contributed by atoms with Crippen molar-refractivity contribution in [2.45, 2.75) is 33.2 Å². The first kappa shape index (κ1) is 18.2. The quantitative estimate of drug-likeness (QED) is 0.658. The molecule has 5 nitrogen and oxygen atoms in total. The Balaban J connectivity index is 1.85. The summed E-state index contributed by atoms with van der Waals surface area (Å²) in [6, 6.07) is 9.63. The van der Waals surface area contributed by atoms with E-state index in [0.29, 0.717) is 12.1 Å². The number of rotatable bonds is 6. The van der Waals surface area contributed by atoms with Crippen LogP contribution in [0.4, 0.5) is 0 Å². The van der Waals surface area contributed by atoms with Gasteiger partial charge >= 0.3 is 0 Å². The lowest BCUT2D eigenvalue weighted by Crippen LogP contribution is -2.26. The molecule has 0 bridgehead atoms. The predicted octanol–water partition coefficient (Wildman–Crippen LogP) is 4.13. The Morgan fingerprint density at radius 1 is 1.23 bits per heavy atom. The van der Waals surface area contributed by atoms with Gasteiger partial charge in [0.15, 0.2) is 0 Å². The lowest BCUT2D eigenvalue weighted by Gasteiger charge is -2.16. The summed E-state index contributed by atoms with van der Waals surface area (Å²) in [6.45, 7) is 4.54. The maximum absolute atomic E-state index is 12.8. The molecule has 3 rings (SSSR count). The van der Waals surface area contributed by atoms with Crippen LogP contribution in [0.5, 0.6) is 0 Å². The summed E-state index contributed by atoms with van der Waals surface area (Å²) in [5, 5.41) is 2.84. The van der Waals surface area contributed by atoms with Crippen molar-refractivity contribution in [2.24, 2.45) is 0 Å². The molecule has 2 heterocycles. The van der Waals surface area contributed by atoms with Crippen LogP contribution in [0.2, 0.25) is 0 Å². The zero-order valence-electron chi connectivity index (χ0n) is 15.3. The highest BCUT2D eigenvalue weighted by atomic mass is 32.1. The third-order valence-electron chi connectivity index (χ3n) is 4.01. The van der Waals surface area contributed by atoms with Crippen molar-refractivity contribution in [1.82, 2.24) is 19.9 Å². The average molecular weight is 366 g/mol. The summed E-state index contributed by atoms with van der Waals surface area (Å²) in [4.78, 5) is 27.7. The molecule has 0 unspecified atom stereocenters. The molecule has 1 amide bonds. The second-order valence-electron chi connectivity index (χ2n) is 6.21. The van der Waals surface area contributed by atoms with E-state index in [1.54, 1.807) is 29.5 Å². The number of carbonyl (C=O) groups is 1. The number of thiazole rings is 1. The number of nitrogens with zero attached hydrogens (tertiary/aromatic N) is 4. The SMILES string of the molecule is CCCc1cc(-c2cccc(C(=O)N(C)Cc3nccs3)c2)nc(C)n1. The molecule has 6 heteroatoms. The van der Waals surface area contributed by atoms with Crippen LogP contribution in [0.25, 0.3) is 11.3 Å². The third kappa shape index (κ3) is 4.32. The van der Waals surface area contributed by atoms with Crippen LogP contribution in [-0.4, -0.2) is 32.8 Å². The standard InChI is InChI=1S/C20H22N4OS/c1-4-6-17-12-18(23-14(2)22-17)15-7-5-8-16(11-15)20(25)24(3)13-19-21-9-10-26-19/h5,7-12H,4,6,13H2,1-3H3. The summed E-state index contributed by atoms with van der Waals surface area (Å²) in [5.74, 6) is 0.727. The molecular formula is C20H22N4OS. The fraction of sp³-hybridized carbons (Fsp3) is 0.300. The molecule has 134 valence electrons. The van der Waals surface area contributed by atoms with E-state index in [4.69, 9.17) is 0 Å². The molecule has 0 fully saturated rings. The van der Waals surface area contributed by atoms with Crippen LogP contribution in [0.3, 0.4) is 0 Å². The first-order chi connectivity index (χ1) is 12.6. The highest BCUT2D eigenvalue weighted by Gasteiger charge is 2.14. The minimum atomic E-state index is -0.0263. The van der Waals surface area contributed by atoms with Gasteiger partial charge in [-0.25, -0.2) is 15.0 Å². The Hall–Kier alpha value is -2.60. The molecule has 0 aliphatic carbocycles. The monoisotopic (exact) mass is 366 g/mol. The third-order valence-corrected chi connectivity index (χ3v) is 4.77. The van der Waals surface area contributed by atoms with Gasteiger partial charge in [-0.05, 0) is 31.5 Å². The number of hydrogen-bond acceptors (Lipinski definition) is 5. The Morgan fingerprint density at radius 3 is 2.81 bits per heavy atom. The Labute approximate surface area is 157 Å². The molecule has 3 aromatic rings. The minimum absolute atomic E-state index is 0.0263. The summed E-state index contributed by atoms with van der Waals surface area (Å²) in [7, 11) is 1.80. The molecule has 0 radical (unpaired) electrons. The smallest absolute Gasteiger partial charge is 0.253 e. The summed E-state index contributed by atoms with van der Waals surface area (Å²) in [6.07, 6.45) is 3.71. The molecule has 1 aromatic carbocycles. The van der Waals surface area contributed by atoms with Crippen molar-refractivity contribution in [3.8, 4) is 11.3 Å². The molecule has 26 heavy (non-hydrogen) atoms. The molecule has 0 aliphatic rings. The number of benzene rings is 1. The molecule has 0 saturated heterocycles. The molecule has 0 atom stereocenters. The Bertz CT molecular complexity index is 893. The summed E-state index contributed by atoms with van der Waals surface area (Å²) < 4.78 is 0. The van der Waals surface area contributed by atoms with Gasteiger partial charge in [0.05, 0.1) is 12.2 Å². The first-order valence-electron chi connectivity index (χ1n) is 8.65. The highest BCUT2D eigenvalue weighted by molar-refractivity contribution is 7.09. The molecular weight excluding hydrogens is 344 g/mol. The second kappa shape index (κ2) is 8.19. The molecule has 0 aliphatic heterocycles. The van der Waals surface area contributed by atoms with Gasteiger partial charge in [-0.1, -0.05) is 25.5 Å². The van der Waals surface area contributed by atoms with Crippen LogP contribution in [0.15, 0.2) is 41.9 Å². The Morgan fingerprint density at radius 2 is 2.08 bits per heavy atom. The highest BCUT2D eigenvalue weighted by Crippen LogP contribution is 2.21. The fourth-order valence-corrected chi connectivity index (χ4v) is 3.47. The molecule has 0 N–H and O–H groups in total. The summed E-state index contributed by atoms with van der Waals surface area (Å²) in [5.41, 5.74) is 3.47. The van der Waals surface area contributed by atoms with Gasteiger partial charge in [0.1, 0.15) is 10.8 Å². The number of carbonyl (C=O) groups excluding carboxylic acids is 1. The van der Waals surface area contributed by atoms with Gasteiger partial charge in [0.25, 0.3) is 5.91 Å². The van der Waals surface area contributed by atoms with E-state index in [2.05, 4.69) is 21.9 Å². The largest absolute Gasteiger partial charge is 0.335 e. The zero-order chi connectivity index (χ0) is 18.5. The fourth-order valence-electron chi connectivity index (χ4n) is 2.80. The van der Waals surface area contributed by atoms with Crippen molar-refractivity contribution in [1.29, 1.82) is 0 Å². The molecule has 0 spiro atoms. The van der Waals surface area contributed by atoms with E-state index in [0.717, 1.165) is 40.6 Å². The number of aromatic nitrogens is 3. The van der Waals surface area contributed by atoms with Crippen LogP contribution < -0.4 is 0 Å².